The van der Waals surface area contributed by atoms with Crippen LogP contribution in [0.25, 0.3) is 0 Å². The molecule has 0 N–H and O–H groups in total. The summed E-state index contributed by atoms with van der Waals surface area (Å²) in [4.78, 5) is 25.8. The van der Waals surface area contributed by atoms with Gasteiger partial charge >= 0.3 is 52.5 Å². The van der Waals surface area contributed by atoms with E-state index >= 15 is 0 Å². The Morgan fingerprint density at radius 3 is 1.93 bits per heavy atom. The summed E-state index contributed by atoms with van der Waals surface area (Å²) in [6.45, 7) is 1.33. The first kappa shape index (κ1) is 23.7. The van der Waals surface area contributed by atoms with Crippen LogP contribution in [0.1, 0.15) is 34.9 Å². The Kier molecular flexibility index (Phi) is 6.76. The number of benzene rings is 2. The molecule has 0 amide bonds. The van der Waals surface area contributed by atoms with Gasteiger partial charge in [0.05, 0.1) is 18.1 Å². The van der Waals surface area contributed by atoms with E-state index in [1.807, 2.05) is 60.7 Å². The predicted octanol–water partition coefficient (Wildman–Crippen LogP) is 6.24. The molecule has 1 heterocycles. The molecule has 0 saturated carbocycles. The van der Waals surface area contributed by atoms with Crippen molar-refractivity contribution < 1.29 is 18.4 Å². The third-order valence-corrected chi connectivity index (χ3v) is 3.41. The Bertz CT molecular complexity index is 845. The number of carbonyl (C=O) groups is 1. The van der Waals surface area contributed by atoms with E-state index in [2.05, 4.69) is 29.2 Å². The first-order chi connectivity index (χ1) is 13.2. The summed E-state index contributed by atoms with van der Waals surface area (Å²) in [5.41, 5.74) is 1.99. The van der Waals surface area contributed by atoms with Crippen molar-refractivity contribution >= 4 is 35.1 Å². The van der Waals surface area contributed by atoms with Gasteiger partial charge < -0.3 is 9.00 Å². The summed E-state index contributed by atoms with van der Waals surface area (Å²) in [5, 5.41) is 0. The van der Waals surface area contributed by atoms with Gasteiger partial charge in [0.25, 0.3) is 11.8 Å². The van der Waals surface area contributed by atoms with Gasteiger partial charge in [0, 0.05) is 6.92 Å². The van der Waals surface area contributed by atoms with Crippen LogP contribution in [0.15, 0.2) is 60.7 Å². The quantitative estimate of drug-likeness (QED) is 0.366. The zero-order valence-electron chi connectivity index (χ0n) is 18.7. The molecule has 0 aliphatic carbocycles. The van der Waals surface area contributed by atoms with E-state index in [9.17, 15) is 4.79 Å². The van der Waals surface area contributed by atoms with Crippen molar-refractivity contribution in [1.29, 1.82) is 0 Å². The monoisotopic (exact) mass is 506 g/mol. The molecule has 1 unspecified atom stereocenters. The fraction of sp³-hybridized carbons (Fsp3) is 0.391. The molecule has 0 saturated heterocycles. The van der Waals surface area contributed by atoms with Crippen LogP contribution in [0.5, 0.6) is 0 Å². The average molecular weight is 507 g/mol. The third-order valence-electron chi connectivity index (χ3n) is 3.41. The summed E-state index contributed by atoms with van der Waals surface area (Å²) in [5.74, 6) is 0.318. The van der Waals surface area contributed by atoms with Crippen molar-refractivity contribution in [3.8, 4) is 0 Å². The molecule has 2 aromatic carbocycles. The van der Waals surface area contributed by atoms with E-state index in [0.29, 0.717) is 6.42 Å². The SMILES string of the molecule is CC(=O)OB1OC(c2ccccc2)CC(c2ccccc2)=[O+]1.[CH3][Sb-]([CH3])([CH3])([CH3])([CH3])[CH3]. The molecule has 1 atom stereocenters. The normalized spacial score (nSPS) is 19.1. The van der Waals surface area contributed by atoms with Gasteiger partial charge in [-0.2, -0.15) is 0 Å². The first-order valence-corrected chi connectivity index (χ1v) is 25.2. The third kappa shape index (κ3) is 10.7. The van der Waals surface area contributed by atoms with Gasteiger partial charge in [-0.1, -0.05) is 48.5 Å². The molecule has 6 heteroatoms. The number of ketones is 1. The molecule has 3 rings (SSSR count). The van der Waals surface area contributed by atoms with Crippen molar-refractivity contribution in [2.45, 2.75) is 48.7 Å². The van der Waals surface area contributed by atoms with Crippen LogP contribution in [-0.4, -0.2) is 35.1 Å². The summed E-state index contributed by atoms with van der Waals surface area (Å²) >= 11 is -2.25. The van der Waals surface area contributed by atoms with Gasteiger partial charge in [0.1, 0.15) is 0 Å². The van der Waals surface area contributed by atoms with Crippen LogP contribution in [0.2, 0.25) is 29.2 Å². The van der Waals surface area contributed by atoms with Crippen LogP contribution in [-0.2, 0) is 14.1 Å². The molecule has 0 aromatic heterocycles. The first-order valence-electron chi connectivity index (χ1n) is 9.86. The van der Waals surface area contributed by atoms with E-state index in [1.54, 1.807) is 0 Å². The summed E-state index contributed by atoms with van der Waals surface area (Å²) in [7, 11) is -1.02. The summed E-state index contributed by atoms with van der Waals surface area (Å²) in [6, 6.07) is 19.6. The maximum absolute atomic E-state index is 11.2. The average Bonchev–Trinajstić information content (AvgIpc) is 2.60. The van der Waals surface area contributed by atoms with Gasteiger partial charge in [-0.25, -0.2) is 0 Å². The number of hydrogen-bond donors (Lipinski definition) is 0. The van der Waals surface area contributed by atoms with E-state index in [4.69, 9.17) is 13.7 Å². The Morgan fingerprint density at radius 1 is 0.966 bits per heavy atom. The molecule has 4 nitrogen and oxygen atoms in total. The second-order valence-corrected chi connectivity index (χ2v) is 50.0. The van der Waals surface area contributed by atoms with E-state index in [1.165, 1.54) is 6.92 Å². The molecule has 2 aromatic rings. The van der Waals surface area contributed by atoms with Crippen LogP contribution < -0.4 is 0 Å². The van der Waals surface area contributed by atoms with Crippen molar-refractivity contribution in [2.75, 3.05) is 0 Å². The Morgan fingerprint density at radius 2 is 1.45 bits per heavy atom. The number of hydrogen-bond acceptors (Lipinski definition) is 3. The van der Waals surface area contributed by atoms with E-state index in [-0.39, 0.29) is 6.10 Å². The van der Waals surface area contributed by atoms with Crippen LogP contribution in [0.3, 0.4) is 0 Å². The van der Waals surface area contributed by atoms with Crippen LogP contribution in [0.4, 0.5) is 0 Å². The predicted molar refractivity (Wildman–Crippen MR) is 124 cm³/mol. The molecular formula is C23H34BO4Sb. The fourth-order valence-corrected chi connectivity index (χ4v) is 2.40. The zero-order valence-corrected chi connectivity index (χ0v) is 21.3. The molecule has 0 spiro atoms. The molecule has 158 valence electrons. The Hall–Kier alpha value is -1.58. The number of carbonyl (C=O) groups excluding carboxylic acids is 2. The molecule has 1 aliphatic heterocycles. The number of rotatable bonds is 3. The molecule has 0 fully saturated rings. The van der Waals surface area contributed by atoms with Gasteiger partial charge in [-0.15, -0.1) is 0 Å². The van der Waals surface area contributed by atoms with Crippen LogP contribution in [0, 0.1) is 0 Å². The minimum atomic E-state index is -2.25. The van der Waals surface area contributed by atoms with E-state index < -0.39 is 29.3 Å². The van der Waals surface area contributed by atoms with Crippen LogP contribution >= 0.6 is 0 Å². The van der Waals surface area contributed by atoms with Crippen molar-refractivity contribution in [3.63, 3.8) is 0 Å². The zero-order chi connectivity index (χ0) is 21.8. The van der Waals surface area contributed by atoms with Crippen molar-refractivity contribution in [2.24, 2.45) is 0 Å². The minimum absolute atomic E-state index is 0.213. The Balaban J connectivity index is 0.000000370. The van der Waals surface area contributed by atoms with E-state index in [0.717, 1.165) is 16.9 Å². The van der Waals surface area contributed by atoms with Gasteiger partial charge in [0.15, 0.2) is 0 Å². The molecule has 29 heavy (non-hydrogen) atoms. The molecule has 0 radical (unpaired) electrons. The molecule has 1 aliphatic rings. The van der Waals surface area contributed by atoms with Gasteiger partial charge in [-0.05, 0) is 17.7 Å². The summed E-state index contributed by atoms with van der Waals surface area (Å²) in [6.07, 6.45) is 0.376. The fourth-order valence-electron chi connectivity index (χ4n) is 2.40. The topological polar surface area (TPSA) is 46.8 Å². The van der Waals surface area contributed by atoms with Gasteiger partial charge in [0.2, 0.25) is 0 Å². The Labute approximate surface area is 173 Å². The standard InChI is InChI=1S/C17H16BO4.6CH3.Sb/c1-13(19)20-18-21-16(14-8-4-2-5-9-14)12-17(22-18)15-10-6-3-7-11-15;;;;;;;/h2-11,16H,12H2,1H3;6*1H3;/q+1;;;;;;;-1. The summed E-state index contributed by atoms with van der Waals surface area (Å²) < 4.78 is 16.5. The molecule has 0 bridgehead atoms. The second kappa shape index (κ2) is 8.28. The maximum atomic E-state index is 11.2. The van der Waals surface area contributed by atoms with Crippen molar-refractivity contribution in [1.82, 2.24) is 0 Å². The molecular weight excluding hydrogens is 473 g/mol. The second-order valence-electron chi connectivity index (χ2n) is 11.8. The van der Waals surface area contributed by atoms with Gasteiger partial charge in [-0.3, -0.25) is 9.45 Å². The van der Waals surface area contributed by atoms with Crippen molar-refractivity contribution in [3.05, 3.63) is 71.8 Å².